The van der Waals surface area contributed by atoms with Crippen LogP contribution in [0.4, 0.5) is 0 Å². The number of nitrogens with one attached hydrogen (secondary N) is 1. The number of carbonyl (C=O) groups is 1. The summed E-state index contributed by atoms with van der Waals surface area (Å²) >= 11 is 1.70. The quantitative estimate of drug-likeness (QED) is 0.801. The molecule has 2 heterocycles. The van der Waals surface area contributed by atoms with Crippen LogP contribution in [0.25, 0.3) is 10.9 Å². The maximum Gasteiger partial charge on any atom is 0.270 e. The van der Waals surface area contributed by atoms with Crippen LogP contribution in [0.15, 0.2) is 48.1 Å². The molecule has 1 N–H and O–H groups in total. The second-order valence-electron chi connectivity index (χ2n) is 4.32. The molecule has 1 amide bonds. The summed E-state index contributed by atoms with van der Waals surface area (Å²) in [6.07, 6.45) is 2.27. The van der Waals surface area contributed by atoms with Crippen molar-refractivity contribution in [3.05, 3.63) is 58.7 Å². The topological polar surface area (TPSA) is 54.9 Å². The van der Waals surface area contributed by atoms with E-state index >= 15 is 0 Å². The van der Waals surface area contributed by atoms with Crippen molar-refractivity contribution in [2.24, 2.45) is 0 Å². The van der Waals surface area contributed by atoms with Gasteiger partial charge < -0.3 is 5.32 Å². The Hall–Kier alpha value is -2.27. The molecule has 0 aliphatic heterocycles. The van der Waals surface area contributed by atoms with Crippen molar-refractivity contribution in [1.82, 2.24) is 15.3 Å². The third-order valence-electron chi connectivity index (χ3n) is 2.99. The predicted octanol–water partition coefficient (Wildman–Crippen LogP) is 2.66. The van der Waals surface area contributed by atoms with E-state index in [0.717, 1.165) is 17.3 Å². The minimum Gasteiger partial charge on any atom is -0.350 e. The highest BCUT2D eigenvalue weighted by Crippen LogP contribution is 2.14. The highest BCUT2D eigenvalue weighted by atomic mass is 32.1. The Kier molecular flexibility index (Phi) is 3.69. The lowest BCUT2D eigenvalue weighted by atomic mass is 10.2. The first kappa shape index (κ1) is 12.7. The molecule has 0 spiro atoms. The predicted molar refractivity (Wildman–Crippen MR) is 79.9 cm³/mol. The van der Waals surface area contributed by atoms with Crippen molar-refractivity contribution in [1.29, 1.82) is 0 Å². The lowest BCUT2D eigenvalue weighted by Gasteiger charge is -2.06. The van der Waals surface area contributed by atoms with Gasteiger partial charge in [0.25, 0.3) is 5.91 Å². The maximum atomic E-state index is 12.2. The van der Waals surface area contributed by atoms with Crippen molar-refractivity contribution in [2.75, 3.05) is 6.54 Å². The number of hydrogen-bond acceptors (Lipinski definition) is 4. The molecule has 3 rings (SSSR count). The zero-order valence-corrected chi connectivity index (χ0v) is 11.6. The summed E-state index contributed by atoms with van der Waals surface area (Å²) in [4.78, 5) is 21.7. The SMILES string of the molecule is O=C(NCCc1cccs1)c1ncnc2ccccc12. The van der Waals surface area contributed by atoms with E-state index in [2.05, 4.69) is 21.4 Å². The molecule has 0 bridgehead atoms. The molecule has 0 aliphatic carbocycles. The molecule has 3 aromatic rings. The summed E-state index contributed by atoms with van der Waals surface area (Å²) in [5, 5.41) is 5.72. The van der Waals surface area contributed by atoms with E-state index in [1.165, 1.54) is 11.2 Å². The molecule has 0 saturated carbocycles. The number of fused-ring (bicyclic) bond motifs is 1. The van der Waals surface area contributed by atoms with Crippen LogP contribution in [0.2, 0.25) is 0 Å². The maximum absolute atomic E-state index is 12.2. The number of rotatable bonds is 4. The third-order valence-corrected chi connectivity index (χ3v) is 3.93. The second kappa shape index (κ2) is 5.79. The normalized spacial score (nSPS) is 10.6. The fourth-order valence-electron chi connectivity index (χ4n) is 2.02. The molecular weight excluding hydrogens is 270 g/mol. The van der Waals surface area contributed by atoms with E-state index in [4.69, 9.17) is 0 Å². The lowest BCUT2D eigenvalue weighted by molar-refractivity contribution is 0.0951. The van der Waals surface area contributed by atoms with Gasteiger partial charge in [0.05, 0.1) is 5.52 Å². The van der Waals surface area contributed by atoms with Crippen molar-refractivity contribution >= 4 is 28.1 Å². The fraction of sp³-hybridized carbons (Fsp3) is 0.133. The molecule has 0 atom stereocenters. The van der Waals surface area contributed by atoms with Crippen molar-refractivity contribution < 1.29 is 4.79 Å². The van der Waals surface area contributed by atoms with E-state index in [0.29, 0.717) is 12.2 Å². The Morgan fingerprint density at radius 1 is 1.15 bits per heavy atom. The van der Waals surface area contributed by atoms with Crippen molar-refractivity contribution in [3.8, 4) is 0 Å². The van der Waals surface area contributed by atoms with Gasteiger partial charge >= 0.3 is 0 Å². The molecule has 2 aromatic heterocycles. The molecule has 0 fully saturated rings. The average molecular weight is 283 g/mol. The number of nitrogens with zero attached hydrogens (tertiary/aromatic N) is 2. The molecule has 20 heavy (non-hydrogen) atoms. The first-order valence-electron chi connectivity index (χ1n) is 6.35. The minimum absolute atomic E-state index is 0.153. The highest BCUT2D eigenvalue weighted by Gasteiger charge is 2.11. The van der Waals surface area contributed by atoms with Crippen LogP contribution in [0.3, 0.4) is 0 Å². The highest BCUT2D eigenvalue weighted by molar-refractivity contribution is 7.09. The first-order valence-corrected chi connectivity index (χ1v) is 7.23. The van der Waals surface area contributed by atoms with E-state index in [9.17, 15) is 4.79 Å². The monoisotopic (exact) mass is 283 g/mol. The van der Waals surface area contributed by atoms with Gasteiger partial charge in [-0.1, -0.05) is 24.3 Å². The molecule has 0 aliphatic rings. The smallest absolute Gasteiger partial charge is 0.270 e. The zero-order chi connectivity index (χ0) is 13.8. The Morgan fingerprint density at radius 2 is 2.05 bits per heavy atom. The Labute approximate surface area is 120 Å². The summed E-state index contributed by atoms with van der Waals surface area (Å²) in [5.41, 5.74) is 1.22. The molecular formula is C15H13N3OS. The number of benzene rings is 1. The van der Waals surface area contributed by atoms with Crippen molar-refractivity contribution in [2.45, 2.75) is 6.42 Å². The van der Waals surface area contributed by atoms with E-state index in [1.807, 2.05) is 35.7 Å². The summed E-state index contributed by atoms with van der Waals surface area (Å²) in [7, 11) is 0. The molecule has 0 radical (unpaired) electrons. The zero-order valence-electron chi connectivity index (χ0n) is 10.7. The summed E-state index contributed by atoms with van der Waals surface area (Å²) < 4.78 is 0. The molecule has 1 aromatic carbocycles. The van der Waals surface area contributed by atoms with Crippen LogP contribution < -0.4 is 5.32 Å². The van der Waals surface area contributed by atoms with E-state index in [1.54, 1.807) is 11.3 Å². The van der Waals surface area contributed by atoms with Gasteiger partial charge in [0.2, 0.25) is 0 Å². The van der Waals surface area contributed by atoms with Crippen molar-refractivity contribution in [3.63, 3.8) is 0 Å². The molecule has 4 nitrogen and oxygen atoms in total. The van der Waals surface area contributed by atoms with Crippen LogP contribution in [0, 0.1) is 0 Å². The number of amides is 1. The third kappa shape index (κ3) is 2.67. The molecule has 100 valence electrons. The van der Waals surface area contributed by atoms with Gasteiger partial charge in [0, 0.05) is 16.8 Å². The number of aromatic nitrogens is 2. The van der Waals surface area contributed by atoms with Gasteiger partial charge in [0.1, 0.15) is 12.0 Å². The first-order chi connectivity index (χ1) is 9.84. The van der Waals surface area contributed by atoms with Crippen LogP contribution in [-0.4, -0.2) is 22.4 Å². The van der Waals surface area contributed by atoms with Gasteiger partial charge in [-0.05, 0) is 23.9 Å². The minimum atomic E-state index is -0.153. The number of thiophene rings is 1. The van der Waals surface area contributed by atoms with Gasteiger partial charge in [0.15, 0.2) is 0 Å². The summed E-state index contributed by atoms with van der Waals surface area (Å²) in [6, 6.07) is 11.6. The standard InChI is InChI=1S/C15H13N3OS/c19-15(16-8-7-11-4-3-9-20-11)14-12-5-1-2-6-13(12)17-10-18-14/h1-6,9-10H,7-8H2,(H,16,19). The van der Waals surface area contributed by atoms with E-state index in [-0.39, 0.29) is 5.91 Å². The van der Waals surface area contributed by atoms with Crippen LogP contribution in [0.5, 0.6) is 0 Å². The Balaban J connectivity index is 1.72. The molecule has 0 unspecified atom stereocenters. The number of carbonyl (C=O) groups excluding carboxylic acids is 1. The Bertz CT molecular complexity index is 720. The summed E-state index contributed by atoms with van der Waals surface area (Å²) in [5.74, 6) is -0.153. The van der Waals surface area contributed by atoms with Gasteiger partial charge in [-0.2, -0.15) is 0 Å². The average Bonchev–Trinajstić information content (AvgIpc) is 3.00. The lowest BCUT2D eigenvalue weighted by Crippen LogP contribution is -2.26. The second-order valence-corrected chi connectivity index (χ2v) is 5.36. The summed E-state index contributed by atoms with van der Waals surface area (Å²) in [6.45, 7) is 0.609. The molecule has 0 saturated heterocycles. The largest absolute Gasteiger partial charge is 0.350 e. The van der Waals surface area contributed by atoms with Gasteiger partial charge in [-0.15, -0.1) is 11.3 Å². The van der Waals surface area contributed by atoms with Gasteiger partial charge in [-0.25, -0.2) is 9.97 Å². The van der Waals surface area contributed by atoms with Crippen LogP contribution in [0.1, 0.15) is 15.4 Å². The fourth-order valence-corrected chi connectivity index (χ4v) is 2.73. The Morgan fingerprint density at radius 3 is 2.90 bits per heavy atom. The van der Waals surface area contributed by atoms with Crippen LogP contribution >= 0.6 is 11.3 Å². The molecule has 5 heteroatoms. The number of para-hydroxylation sites is 1. The number of hydrogen-bond donors (Lipinski definition) is 1. The van der Waals surface area contributed by atoms with E-state index < -0.39 is 0 Å². The van der Waals surface area contributed by atoms with Gasteiger partial charge in [-0.3, -0.25) is 4.79 Å². The van der Waals surface area contributed by atoms with Crippen LogP contribution in [-0.2, 0) is 6.42 Å².